The first-order valence-corrected chi connectivity index (χ1v) is 8.72. The fourth-order valence-electron chi connectivity index (χ4n) is 3.45. The van der Waals surface area contributed by atoms with E-state index in [9.17, 15) is 9.90 Å². The molecule has 0 aromatic heterocycles. The molecule has 2 atom stereocenters. The number of nitrogens with zero attached hydrogens (tertiary/aromatic N) is 3. The number of rotatable bonds is 5. The lowest BCUT2D eigenvalue weighted by Crippen LogP contribution is -2.52. The number of para-hydroxylation sites is 2. The first-order chi connectivity index (χ1) is 12.1. The van der Waals surface area contributed by atoms with E-state index < -0.39 is 6.10 Å². The zero-order valence-electron chi connectivity index (χ0n) is 14.9. The van der Waals surface area contributed by atoms with Gasteiger partial charge in [-0.1, -0.05) is 12.1 Å². The molecule has 2 saturated heterocycles. The van der Waals surface area contributed by atoms with Crippen molar-refractivity contribution in [1.82, 2.24) is 14.7 Å². The molecule has 0 unspecified atom stereocenters. The van der Waals surface area contributed by atoms with Crippen molar-refractivity contribution in [3.05, 3.63) is 24.3 Å². The lowest BCUT2D eigenvalue weighted by Gasteiger charge is -2.37. The van der Waals surface area contributed by atoms with Gasteiger partial charge in [0.1, 0.15) is 0 Å². The van der Waals surface area contributed by atoms with Gasteiger partial charge in [-0.05, 0) is 19.2 Å². The van der Waals surface area contributed by atoms with Crippen LogP contribution in [0.2, 0.25) is 0 Å². The van der Waals surface area contributed by atoms with Crippen LogP contribution in [0.4, 0.5) is 0 Å². The van der Waals surface area contributed by atoms with E-state index in [1.54, 1.807) is 24.1 Å². The molecule has 0 spiro atoms. The molecule has 0 radical (unpaired) electrons. The van der Waals surface area contributed by atoms with Crippen molar-refractivity contribution in [3.63, 3.8) is 0 Å². The predicted octanol–water partition coefficient (Wildman–Crippen LogP) is -0.107. The minimum absolute atomic E-state index is 0.0175. The molecule has 2 aliphatic rings. The molecule has 2 fully saturated rings. The summed E-state index contributed by atoms with van der Waals surface area (Å²) in [4.78, 5) is 18.7. The predicted molar refractivity (Wildman–Crippen MR) is 93.9 cm³/mol. The van der Waals surface area contributed by atoms with Gasteiger partial charge < -0.3 is 24.4 Å². The average molecular weight is 349 g/mol. The molecule has 7 nitrogen and oxygen atoms in total. The Kier molecular flexibility index (Phi) is 5.78. The highest BCUT2D eigenvalue weighted by molar-refractivity contribution is 5.78. The number of piperazine rings is 1. The SMILES string of the molecule is COc1ccccc1OCC(=O)N1C[C@H](O)[C@@H](N2CCN(C)CC2)C1. The van der Waals surface area contributed by atoms with Crippen molar-refractivity contribution in [2.24, 2.45) is 0 Å². The van der Waals surface area contributed by atoms with E-state index in [4.69, 9.17) is 9.47 Å². The van der Waals surface area contributed by atoms with Crippen LogP contribution in [0.25, 0.3) is 0 Å². The smallest absolute Gasteiger partial charge is 0.260 e. The summed E-state index contributed by atoms with van der Waals surface area (Å²) < 4.78 is 10.8. The zero-order valence-corrected chi connectivity index (χ0v) is 14.9. The monoisotopic (exact) mass is 349 g/mol. The second-order valence-corrected chi connectivity index (χ2v) is 6.71. The summed E-state index contributed by atoms with van der Waals surface area (Å²) in [6, 6.07) is 7.28. The molecule has 0 saturated carbocycles. The van der Waals surface area contributed by atoms with Gasteiger partial charge in [-0.3, -0.25) is 9.69 Å². The van der Waals surface area contributed by atoms with E-state index >= 15 is 0 Å². The molecule has 0 bridgehead atoms. The minimum Gasteiger partial charge on any atom is -0.493 e. The van der Waals surface area contributed by atoms with Gasteiger partial charge in [0.15, 0.2) is 18.1 Å². The standard InChI is InChI=1S/C18H27N3O4/c1-19-7-9-20(10-8-19)14-11-21(12-15(14)22)18(23)13-25-17-6-4-3-5-16(17)24-2/h3-6,14-15,22H,7-13H2,1-2H3/t14-,15-/m0/s1. The molecule has 1 amide bonds. The number of hydrogen-bond donors (Lipinski definition) is 1. The molecule has 0 aliphatic carbocycles. The van der Waals surface area contributed by atoms with Crippen molar-refractivity contribution in [1.29, 1.82) is 0 Å². The van der Waals surface area contributed by atoms with Crippen molar-refractivity contribution < 1.29 is 19.4 Å². The Hall–Kier alpha value is -1.83. The molecule has 2 aliphatic heterocycles. The highest BCUT2D eigenvalue weighted by Crippen LogP contribution is 2.26. The van der Waals surface area contributed by atoms with Gasteiger partial charge in [0.05, 0.1) is 19.3 Å². The Balaban J connectivity index is 1.53. The van der Waals surface area contributed by atoms with Gasteiger partial charge in [-0.25, -0.2) is 0 Å². The summed E-state index contributed by atoms with van der Waals surface area (Å²) in [6.45, 7) is 4.71. The molecular weight excluding hydrogens is 322 g/mol. The number of ether oxygens (including phenoxy) is 2. The number of methoxy groups -OCH3 is 1. The third-order valence-corrected chi connectivity index (χ3v) is 5.04. The van der Waals surface area contributed by atoms with Gasteiger partial charge in [-0.2, -0.15) is 0 Å². The van der Waals surface area contributed by atoms with Crippen molar-refractivity contribution in [2.75, 3.05) is 60.0 Å². The van der Waals surface area contributed by atoms with Crippen LogP contribution in [0, 0.1) is 0 Å². The average Bonchev–Trinajstić information content (AvgIpc) is 3.02. The maximum atomic E-state index is 12.5. The summed E-state index contributed by atoms with van der Waals surface area (Å²) in [5, 5.41) is 10.4. The van der Waals surface area contributed by atoms with Crippen LogP contribution in [0.3, 0.4) is 0 Å². The molecular formula is C18H27N3O4. The summed E-state index contributed by atoms with van der Waals surface area (Å²) in [7, 11) is 3.68. The van der Waals surface area contributed by atoms with Crippen LogP contribution in [0.5, 0.6) is 11.5 Å². The number of hydrogen-bond acceptors (Lipinski definition) is 6. The summed E-state index contributed by atoms with van der Waals surface area (Å²) >= 11 is 0. The number of aliphatic hydroxyl groups is 1. The second-order valence-electron chi connectivity index (χ2n) is 6.71. The highest BCUT2D eigenvalue weighted by Gasteiger charge is 2.38. The van der Waals surface area contributed by atoms with E-state index in [1.165, 1.54) is 0 Å². The molecule has 2 heterocycles. The van der Waals surface area contributed by atoms with E-state index in [1.807, 2.05) is 12.1 Å². The normalized spacial score (nSPS) is 25.2. The molecule has 1 aromatic rings. The number of likely N-dealkylation sites (N-methyl/N-ethyl adjacent to an activating group) is 1. The largest absolute Gasteiger partial charge is 0.493 e. The topological polar surface area (TPSA) is 65.5 Å². The first kappa shape index (κ1) is 18.0. The van der Waals surface area contributed by atoms with E-state index in [2.05, 4.69) is 16.8 Å². The van der Waals surface area contributed by atoms with Crippen LogP contribution < -0.4 is 9.47 Å². The third kappa shape index (κ3) is 4.23. The first-order valence-electron chi connectivity index (χ1n) is 8.72. The lowest BCUT2D eigenvalue weighted by atomic mass is 10.1. The van der Waals surface area contributed by atoms with Crippen LogP contribution in [0.15, 0.2) is 24.3 Å². The second kappa shape index (κ2) is 8.03. The van der Waals surface area contributed by atoms with Crippen LogP contribution >= 0.6 is 0 Å². The highest BCUT2D eigenvalue weighted by atomic mass is 16.5. The van der Waals surface area contributed by atoms with Crippen molar-refractivity contribution in [2.45, 2.75) is 12.1 Å². The van der Waals surface area contributed by atoms with E-state index in [-0.39, 0.29) is 18.6 Å². The number of benzene rings is 1. The lowest BCUT2D eigenvalue weighted by molar-refractivity contribution is -0.132. The van der Waals surface area contributed by atoms with Crippen LogP contribution in [-0.2, 0) is 4.79 Å². The number of carbonyl (C=O) groups excluding carboxylic acids is 1. The van der Waals surface area contributed by atoms with Gasteiger partial charge >= 0.3 is 0 Å². The Morgan fingerprint density at radius 2 is 1.84 bits per heavy atom. The Bertz CT molecular complexity index is 589. The fourth-order valence-corrected chi connectivity index (χ4v) is 3.45. The minimum atomic E-state index is -0.501. The number of aliphatic hydroxyl groups excluding tert-OH is 1. The van der Waals surface area contributed by atoms with Gasteiger partial charge in [-0.15, -0.1) is 0 Å². The molecule has 138 valence electrons. The Labute approximate surface area is 148 Å². The summed E-state index contributed by atoms with van der Waals surface area (Å²) in [6.07, 6.45) is -0.501. The Morgan fingerprint density at radius 1 is 1.16 bits per heavy atom. The molecule has 7 heteroatoms. The molecule has 3 rings (SSSR count). The maximum absolute atomic E-state index is 12.5. The van der Waals surface area contributed by atoms with E-state index in [0.29, 0.717) is 24.6 Å². The molecule has 25 heavy (non-hydrogen) atoms. The van der Waals surface area contributed by atoms with Crippen LogP contribution in [-0.4, -0.2) is 97.9 Å². The Morgan fingerprint density at radius 3 is 2.52 bits per heavy atom. The summed E-state index contributed by atoms with van der Waals surface area (Å²) in [5.74, 6) is 1.04. The van der Waals surface area contributed by atoms with Crippen LogP contribution in [0.1, 0.15) is 0 Å². The van der Waals surface area contributed by atoms with Gasteiger partial charge in [0.25, 0.3) is 5.91 Å². The number of likely N-dealkylation sites (tertiary alicyclic amines) is 1. The van der Waals surface area contributed by atoms with Crippen molar-refractivity contribution >= 4 is 5.91 Å². The number of amides is 1. The maximum Gasteiger partial charge on any atom is 0.260 e. The van der Waals surface area contributed by atoms with E-state index in [0.717, 1.165) is 26.2 Å². The number of carbonyl (C=O) groups is 1. The summed E-state index contributed by atoms with van der Waals surface area (Å²) in [5.41, 5.74) is 0. The fraction of sp³-hybridized carbons (Fsp3) is 0.611. The third-order valence-electron chi connectivity index (χ3n) is 5.04. The quantitative estimate of drug-likeness (QED) is 0.800. The number of β-amino-alcohol motifs (C(OH)–C–C–N with tert-alkyl or cyclic N) is 1. The zero-order chi connectivity index (χ0) is 17.8. The van der Waals surface area contributed by atoms with Gasteiger partial charge in [0.2, 0.25) is 0 Å². The molecule has 1 aromatic carbocycles. The molecule has 1 N–H and O–H groups in total. The van der Waals surface area contributed by atoms with Gasteiger partial charge in [0, 0.05) is 39.3 Å². The van der Waals surface area contributed by atoms with Crippen molar-refractivity contribution in [3.8, 4) is 11.5 Å².